The van der Waals surface area contributed by atoms with Gasteiger partial charge in [-0.2, -0.15) is 0 Å². The second kappa shape index (κ2) is 12.4. The summed E-state index contributed by atoms with van der Waals surface area (Å²) in [7, 11) is 0. The molecule has 0 aromatic rings. The first-order chi connectivity index (χ1) is 9.60. The largest absolute Gasteiger partial charge is 0.466 e. The van der Waals surface area contributed by atoms with Gasteiger partial charge in [0, 0.05) is 18.6 Å². The van der Waals surface area contributed by atoms with Crippen LogP contribution in [0.5, 0.6) is 0 Å². The number of unbranched alkanes of at least 4 members (excludes halogenated alkanes) is 4. The van der Waals surface area contributed by atoms with Crippen molar-refractivity contribution in [3.05, 3.63) is 12.2 Å². The third-order valence-corrected chi connectivity index (χ3v) is 2.63. The molecule has 0 aliphatic carbocycles. The number of carbonyl (C=O) groups is 3. The molecule has 0 atom stereocenters. The van der Waals surface area contributed by atoms with Gasteiger partial charge in [0.15, 0.2) is 0 Å². The maximum atomic E-state index is 11.1. The maximum Gasteiger partial charge on any atom is 0.305 e. The first kappa shape index (κ1) is 18.4. The summed E-state index contributed by atoms with van der Waals surface area (Å²) in [6.07, 6.45) is 9.59. The number of ether oxygens (including phenoxy) is 1. The summed E-state index contributed by atoms with van der Waals surface area (Å²) < 4.78 is 5.05. The standard InChI is InChI=1S/C11H22O2.C4H3NO2/c1-3-5-7-9-11(12)13-10-8-6-4-2;6-3-1-2-4(7)5-3/h3-10H2,1-2H3;1-2H,(H,5,6,7). The molecule has 2 amide bonds. The Labute approximate surface area is 120 Å². The molecule has 1 heterocycles. The highest BCUT2D eigenvalue weighted by molar-refractivity contribution is 6.12. The molecule has 0 spiro atoms. The number of hydrogen-bond donors (Lipinski definition) is 1. The summed E-state index contributed by atoms with van der Waals surface area (Å²) in [6, 6.07) is 0. The smallest absolute Gasteiger partial charge is 0.305 e. The number of carbonyl (C=O) groups excluding carboxylic acids is 3. The second-order valence-corrected chi connectivity index (χ2v) is 4.57. The fourth-order valence-corrected chi connectivity index (χ4v) is 1.49. The van der Waals surface area contributed by atoms with Crippen molar-refractivity contribution < 1.29 is 19.1 Å². The van der Waals surface area contributed by atoms with Gasteiger partial charge in [0.2, 0.25) is 0 Å². The minimum atomic E-state index is -0.329. The van der Waals surface area contributed by atoms with Crippen LogP contribution in [0.4, 0.5) is 0 Å². The maximum absolute atomic E-state index is 11.1. The molecule has 0 unspecified atom stereocenters. The molecule has 5 nitrogen and oxygen atoms in total. The fraction of sp³-hybridized carbons (Fsp3) is 0.667. The van der Waals surface area contributed by atoms with Crippen LogP contribution in [0.15, 0.2) is 12.2 Å². The Kier molecular flexibility index (Phi) is 11.4. The van der Waals surface area contributed by atoms with Crippen molar-refractivity contribution in [2.24, 2.45) is 0 Å². The average Bonchev–Trinajstić information content (AvgIpc) is 2.79. The highest BCUT2D eigenvalue weighted by Gasteiger charge is 2.06. The zero-order chi connectivity index (χ0) is 15.2. The van der Waals surface area contributed by atoms with Crippen LogP contribution in [-0.4, -0.2) is 24.4 Å². The molecule has 0 bridgehead atoms. The van der Waals surface area contributed by atoms with Crippen molar-refractivity contribution >= 4 is 17.8 Å². The number of nitrogens with one attached hydrogen (secondary N) is 1. The summed E-state index contributed by atoms with van der Waals surface area (Å²) in [5.41, 5.74) is 0. The molecule has 1 rings (SSSR count). The minimum absolute atomic E-state index is 0.0236. The number of rotatable bonds is 8. The molecule has 1 N–H and O–H groups in total. The number of hydrogen-bond acceptors (Lipinski definition) is 4. The lowest BCUT2D eigenvalue weighted by Gasteiger charge is -2.03. The quantitative estimate of drug-likeness (QED) is 0.422. The molecule has 0 aromatic carbocycles. The van der Waals surface area contributed by atoms with E-state index < -0.39 is 0 Å². The fourth-order valence-electron chi connectivity index (χ4n) is 1.49. The molecule has 0 saturated heterocycles. The summed E-state index contributed by atoms with van der Waals surface area (Å²) in [5.74, 6) is -0.681. The summed E-state index contributed by atoms with van der Waals surface area (Å²) in [6.45, 7) is 4.88. The van der Waals surface area contributed by atoms with Crippen molar-refractivity contribution in [3.63, 3.8) is 0 Å². The highest BCUT2D eigenvalue weighted by Crippen LogP contribution is 2.01. The zero-order valence-corrected chi connectivity index (χ0v) is 12.4. The van der Waals surface area contributed by atoms with Gasteiger partial charge < -0.3 is 4.74 Å². The van der Waals surface area contributed by atoms with Crippen LogP contribution < -0.4 is 5.32 Å². The van der Waals surface area contributed by atoms with E-state index >= 15 is 0 Å². The number of amides is 2. The Morgan fingerprint density at radius 3 is 2.00 bits per heavy atom. The lowest BCUT2D eigenvalue weighted by Crippen LogP contribution is -2.19. The molecule has 0 saturated carbocycles. The number of imide groups is 1. The molecule has 1 aliphatic heterocycles. The van der Waals surface area contributed by atoms with Crippen molar-refractivity contribution in [1.82, 2.24) is 5.32 Å². The Bertz CT molecular complexity index is 321. The first-order valence-corrected chi connectivity index (χ1v) is 7.28. The Hall–Kier alpha value is -1.65. The molecule has 20 heavy (non-hydrogen) atoms. The van der Waals surface area contributed by atoms with E-state index in [-0.39, 0.29) is 17.8 Å². The van der Waals surface area contributed by atoms with Crippen molar-refractivity contribution in [2.75, 3.05) is 6.61 Å². The van der Waals surface area contributed by atoms with Gasteiger partial charge in [-0.25, -0.2) is 0 Å². The summed E-state index contributed by atoms with van der Waals surface area (Å²) in [4.78, 5) is 31.1. The van der Waals surface area contributed by atoms with Crippen LogP contribution in [0.2, 0.25) is 0 Å². The molecule has 0 fully saturated rings. The van der Waals surface area contributed by atoms with Gasteiger partial charge in [-0.3, -0.25) is 19.7 Å². The molecular weight excluding hydrogens is 258 g/mol. The van der Waals surface area contributed by atoms with Crippen molar-refractivity contribution in [3.8, 4) is 0 Å². The lowest BCUT2D eigenvalue weighted by molar-refractivity contribution is -0.144. The van der Waals surface area contributed by atoms with E-state index in [4.69, 9.17) is 4.74 Å². The second-order valence-electron chi connectivity index (χ2n) is 4.57. The van der Waals surface area contributed by atoms with Gasteiger partial charge in [0.05, 0.1) is 6.61 Å². The molecule has 0 radical (unpaired) electrons. The molecule has 5 heteroatoms. The van der Waals surface area contributed by atoms with Crippen LogP contribution in [-0.2, 0) is 19.1 Å². The van der Waals surface area contributed by atoms with E-state index in [1.807, 2.05) is 5.32 Å². The van der Waals surface area contributed by atoms with E-state index in [0.29, 0.717) is 13.0 Å². The highest BCUT2D eigenvalue weighted by atomic mass is 16.5. The van der Waals surface area contributed by atoms with Gasteiger partial charge in [-0.1, -0.05) is 39.5 Å². The zero-order valence-electron chi connectivity index (χ0n) is 12.4. The third-order valence-electron chi connectivity index (χ3n) is 2.63. The Balaban J connectivity index is 0.000000428. The molecule has 114 valence electrons. The minimum Gasteiger partial charge on any atom is -0.466 e. The lowest BCUT2D eigenvalue weighted by atomic mass is 10.2. The van der Waals surface area contributed by atoms with Gasteiger partial charge in [-0.05, 0) is 12.8 Å². The van der Waals surface area contributed by atoms with Gasteiger partial charge in [0.25, 0.3) is 11.8 Å². The summed E-state index contributed by atoms with van der Waals surface area (Å²) in [5, 5.41) is 2.03. The van der Waals surface area contributed by atoms with Crippen LogP contribution in [0.25, 0.3) is 0 Å². The van der Waals surface area contributed by atoms with Crippen LogP contribution in [0.1, 0.15) is 58.8 Å². The van der Waals surface area contributed by atoms with E-state index in [1.54, 1.807) is 0 Å². The van der Waals surface area contributed by atoms with Crippen LogP contribution in [0.3, 0.4) is 0 Å². The molecular formula is C15H25NO4. The third kappa shape index (κ3) is 11.4. The average molecular weight is 283 g/mol. The van der Waals surface area contributed by atoms with E-state index in [9.17, 15) is 14.4 Å². The van der Waals surface area contributed by atoms with Crippen LogP contribution >= 0.6 is 0 Å². The van der Waals surface area contributed by atoms with E-state index in [0.717, 1.165) is 32.1 Å². The normalized spacial score (nSPS) is 12.7. The number of esters is 1. The topological polar surface area (TPSA) is 72.5 Å². The predicted octanol–water partition coefficient (Wildman–Crippen LogP) is 2.50. The van der Waals surface area contributed by atoms with Crippen LogP contribution in [0, 0.1) is 0 Å². The molecule has 1 aliphatic rings. The monoisotopic (exact) mass is 283 g/mol. The van der Waals surface area contributed by atoms with Gasteiger partial charge >= 0.3 is 5.97 Å². The van der Waals surface area contributed by atoms with E-state index in [1.165, 1.54) is 18.6 Å². The Morgan fingerprint density at radius 2 is 1.55 bits per heavy atom. The molecule has 0 aromatic heterocycles. The van der Waals surface area contributed by atoms with Crippen molar-refractivity contribution in [2.45, 2.75) is 58.8 Å². The van der Waals surface area contributed by atoms with E-state index in [2.05, 4.69) is 13.8 Å². The van der Waals surface area contributed by atoms with Crippen molar-refractivity contribution in [1.29, 1.82) is 0 Å². The van der Waals surface area contributed by atoms with Gasteiger partial charge in [-0.15, -0.1) is 0 Å². The Morgan fingerprint density at radius 1 is 1.00 bits per heavy atom. The van der Waals surface area contributed by atoms with Gasteiger partial charge in [0.1, 0.15) is 0 Å². The SMILES string of the molecule is CCCCCOC(=O)CCCCC.O=C1C=CC(=O)N1. The summed E-state index contributed by atoms with van der Waals surface area (Å²) >= 11 is 0. The first-order valence-electron chi connectivity index (χ1n) is 7.28. The predicted molar refractivity (Wildman–Crippen MR) is 76.9 cm³/mol.